The van der Waals surface area contributed by atoms with Gasteiger partial charge in [-0.25, -0.2) is 9.82 Å². The lowest BCUT2D eigenvalue weighted by molar-refractivity contribution is 0.0482. The van der Waals surface area contributed by atoms with Gasteiger partial charge in [-0.3, -0.25) is 5.84 Å². The van der Waals surface area contributed by atoms with E-state index in [0.717, 1.165) is 0 Å². The highest BCUT2D eigenvalue weighted by atomic mass is 79.9. The van der Waals surface area contributed by atoms with Gasteiger partial charge in [0.2, 0.25) is 0 Å². The molecule has 0 aliphatic rings. The molecule has 3 N–H and O–H groups in total. The molecule has 7 heteroatoms. The lowest BCUT2D eigenvalue weighted by Crippen LogP contribution is -2.38. The van der Waals surface area contributed by atoms with E-state index in [2.05, 4.69) is 15.9 Å². The lowest BCUT2D eigenvalue weighted by atomic mass is 10.1. The topological polar surface area (TPSA) is 38.0 Å². The van der Waals surface area contributed by atoms with Crippen LogP contribution < -0.4 is 11.3 Å². The molecule has 84 valence electrons. The van der Waals surface area contributed by atoms with Gasteiger partial charge in [-0.15, -0.1) is 0 Å². The van der Waals surface area contributed by atoms with E-state index in [9.17, 15) is 13.2 Å². The molecule has 0 radical (unpaired) electrons. The highest BCUT2D eigenvalue weighted by Crippen LogP contribution is 2.36. The van der Waals surface area contributed by atoms with Crippen molar-refractivity contribution in [2.75, 3.05) is 0 Å². The predicted molar refractivity (Wildman–Crippen MR) is 55.0 cm³/mol. The van der Waals surface area contributed by atoms with Crippen molar-refractivity contribution in [2.45, 2.75) is 11.4 Å². The normalized spacial score (nSPS) is 14.0. The maximum atomic E-state index is 13.4. The standard InChI is InChI=1S/C8H7BrClF3N2/c9-5-3-1-2-4(6(5)11)7(15-14)8(10,12)13/h1-3,7,15H,14H2. The first-order valence-corrected chi connectivity index (χ1v) is 5.01. The smallest absolute Gasteiger partial charge is 0.271 e. The van der Waals surface area contributed by atoms with Crippen molar-refractivity contribution in [3.63, 3.8) is 0 Å². The summed E-state index contributed by atoms with van der Waals surface area (Å²) in [6.07, 6.45) is 0. The summed E-state index contributed by atoms with van der Waals surface area (Å²) in [6, 6.07) is 2.20. The zero-order chi connectivity index (χ0) is 11.6. The summed E-state index contributed by atoms with van der Waals surface area (Å²) in [7, 11) is 0. The minimum Gasteiger partial charge on any atom is -0.271 e. The quantitative estimate of drug-likeness (QED) is 0.512. The van der Waals surface area contributed by atoms with E-state index in [0.29, 0.717) is 0 Å². The number of nitrogens with two attached hydrogens (primary N) is 1. The largest absolute Gasteiger partial charge is 0.342 e. The lowest BCUT2D eigenvalue weighted by Gasteiger charge is -2.21. The fraction of sp³-hybridized carbons (Fsp3) is 0.250. The van der Waals surface area contributed by atoms with Crippen molar-refractivity contribution < 1.29 is 13.2 Å². The fourth-order valence-corrected chi connectivity index (χ4v) is 1.67. The monoisotopic (exact) mass is 302 g/mol. The minimum atomic E-state index is -3.67. The summed E-state index contributed by atoms with van der Waals surface area (Å²) in [4.78, 5) is 0. The molecule has 0 bridgehead atoms. The Balaban J connectivity index is 3.19. The van der Waals surface area contributed by atoms with E-state index in [1.807, 2.05) is 0 Å². The number of nitrogens with one attached hydrogen (secondary N) is 1. The first-order valence-electron chi connectivity index (χ1n) is 3.84. The highest BCUT2D eigenvalue weighted by molar-refractivity contribution is 9.10. The molecule has 1 atom stereocenters. The number of rotatable bonds is 3. The molecule has 0 spiro atoms. The molecule has 15 heavy (non-hydrogen) atoms. The van der Waals surface area contributed by atoms with E-state index >= 15 is 0 Å². The Labute approximate surface area is 97.7 Å². The molecule has 1 aromatic rings. The second kappa shape index (κ2) is 4.69. The molecule has 1 rings (SSSR count). The Hall–Kier alpha value is -0.300. The number of hydrazine groups is 1. The average molecular weight is 304 g/mol. The van der Waals surface area contributed by atoms with E-state index in [1.54, 1.807) is 5.43 Å². The Morgan fingerprint density at radius 1 is 1.47 bits per heavy atom. The van der Waals surface area contributed by atoms with Gasteiger partial charge in [-0.2, -0.15) is 8.78 Å². The maximum absolute atomic E-state index is 13.4. The SMILES string of the molecule is NNC(c1cccc(Br)c1F)C(F)(F)Cl. The van der Waals surface area contributed by atoms with E-state index in [-0.39, 0.29) is 10.0 Å². The van der Waals surface area contributed by atoms with Crippen LogP contribution >= 0.6 is 27.5 Å². The predicted octanol–water partition coefficient (Wildman–Crippen LogP) is 2.92. The Bertz CT molecular complexity index is 356. The third kappa shape index (κ3) is 2.84. The van der Waals surface area contributed by atoms with Gasteiger partial charge in [0.1, 0.15) is 11.9 Å². The summed E-state index contributed by atoms with van der Waals surface area (Å²) in [6.45, 7) is 0. The van der Waals surface area contributed by atoms with Crippen LogP contribution in [0.1, 0.15) is 11.6 Å². The summed E-state index contributed by atoms with van der Waals surface area (Å²) < 4.78 is 39.2. The summed E-state index contributed by atoms with van der Waals surface area (Å²) in [5.41, 5.74) is 1.48. The first-order chi connectivity index (χ1) is 6.88. The van der Waals surface area contributed by atoms with Crippen LogP contribution in [0.2, 0.25) is 0 Å². The summed E-state index contributed by atoms with van der Waals surface area (Å²) in [5, 5.41) is -3.67. The van der Waals surface area contributed by atoms with Gasteiger partial charge in [-0.1, -0.05) is 12.1 Å². The molecular weight excluding hydrogens is 296 g/mol. The van der Waals surface area contributed by atoms with Crippen molar-refractivity contribution in [1.29, 1.82) is 0 Å². The molecule has 2 nitrogen and oxygen atoms in total. The highest BCUT2D eigenvalue weighted by Gasteiger charge is 2.39. The van der Waals surface area contributed by atoms with Gasteiger partial charge >= 0.3 is 5.38 Å². The van der Waals surface area contributed by atoms with Crippen molar-refractivity contribution in [3.05, 3.63) is 34.1 Å². The van der Waals surface area contributed by atoms with Crippen LogP contribution in [-0.4, -0.2) is 5.38 Å². The molecule has 0 amide bonds. The van der Waals surface area contributed by atoms with Crippen LogP contribution in [-0.2, 0) is 0 Å². The first kappa shape index (κ1) is 12.8. The Kier molecular flexibility index (Phi) is 3.99. The maximum Gasteiger partial charge on any atom is 0.342 e. The molecule has 1 unspecified atom stereocenters. The van der Waals surface area contributed by atoms with Gasteiger partial charge in [0.25, 0.3) is 0 Å². The molecule has 0 fully saturated rings. The van der Waals surface area contributed by atoms with Crippen LogP contribution in [0, 0.1) is 5.82 Å². The van der Waals surface area contributed by atoms with Crippen molar-refractivity contribution >= 4 is 27.5 Å². The number of halogens is 5. The fourth-order valence-electron chi connectivity index (χ4n) is 1.10. The van der Waals surface area contributed by atoms with Gasteiger partial charge in [0.05, 0.1) is 4.47 Å². The summed E-state index contributed by atoms with van der Waals surface area (Å²) in [5.74, 6) is 4.09. The van der Waals surface area contributed by atoms with Crippen LogP contribution in [0.25, 0.3) is 0 Å². The Morgan fingerprint density at radius 3 is 2.53 bits per heavy atom. The molecule has 0 aromatic heterocycles. The van der Waals surface area contributed by atoms with Gasteiger partial charge in [-0.05, 0) is 33.6 Å². The molecule has 0 heterocycles. The molecule has 0 aliphatic carbocycles. The number of hydrogen-bond donors (Lipinski definition) is 2. The number of hydrogen-bond acceptors (Lipinski definition) is 2. The van der Waals surface area contributed by atoms with Gasteiger partial charge in [0, 0.05) is 5.56 Å². The third-order valence-electron chi connectivity index (χ3n) is 1.79. The van der Waals surface area contributed by atoms with E-state index < -0.39 is 17.2 Å². The molecule has 0 saturated heterocycles. The van der Waals surface area contributed by atoms with Crippen LogP contribution in [0.15, 0.2) is 22.7 Å². The van der Waals surface area contributed by atoms with E-state index in [4.69, 9.17) is 17.4 Å². The van der Waals surface area contributed by atoms with Crippen LogP contribution in [0.5, 0.6) is 0 Å². The van der Waals surface area contributed by atoms with Crippen molar-refractivity contribution in [3.8, 4) is 0 Å². The Morgan fingerprint density at radius 2 is 2.07 bits per heavy atom. The average Bonchev–Trinajstić information content (AvgIpc) is 2.11. The van der Waals surface area contributed by atoms with Crippen molar-refractivity contribution in [1.82, 2.24) is 5.43 Å². The molecule has 0 saturated carbocycles. The summed E-state index contributed by atoms with van der Waals surface area (Å²) >= 11 is 7.68. The third-order valence-corrected chi connectivity index (χ3v) is 2.62. The van der Waals surface area contributed by atoms with Crippen LogP contribution in [0.3, 0.4) is 0 Å². The zero-order valence-electron chi connectivity index (χ0n) is 7.28. The molecular formula is C8H7BrClF3N2. The number of benzene rings is 1. The second-order valence-electron chi connectivity index (χ2n) is 2.78. The second-order valence-corrected chi connectivity index (χ2v) is 4.14. The molecule has 0 aliphatic heterocycles. The minimum absolute atomic E-state index is 0.0705. The van der Waals surface area contributed by atoms with Crippen LogP contribution in [0.4, 0.5) is 13.2 Å². The number of alkyl halides is 3. The zero-order valence-corrected chi connectivity index (χ0v) is 9.62. The molecule has 1 aromatic carbocycles. The van der Waals surface area contributed by atoms with E-state index in [1.165, 1.54) is 18.2 Å². The van der Waals surface area contributed by atoms with Crippen molar-refractivity contribution in [2.24, 2.45) is 5.84 Å². The van der Waals surface area contributed by atoms with Gasteiger partial charge < -0.3 is 0 Å². The van der Waals surface area contributed by atoms with Gasteiger partial charge in [0.15, 0.2) is 0 Å².